The van der Waals surface area contributed by atoms with E-state index in [-0.39, 0.29) is 0 Å². The fraction of sp³-hybridized carbons (Fsp3) is 0.429. The largest absolute Gasteiger partial charge is 0.357 e. The molecule has 2 rings (SSSR count). The van der Waals surface area contributed by atoms with Crippen LogP contribution in [0.25, 0.3) is 0 Å². The molecule has 0 atom stereocenters. The average molecular weight is 291 g/mol. The van der Waals surface area contributed by atoms with Crippen LogP contribution in [0.15, 0.2) is 35.7 Å². The molecule has 0 saturated carbocycles. The first-order chi connectivity index (χ1) is 9.78. The van der Waals surface area contributed by atoms with Crippen molar-refractivity contribution in [2.45, 2.75) is 26.9 Å². The third-order valence-electron chi connectivity index (χ3n) is 2.74. The van der Waals surface area contributed by atoms with E-state index in [1.54, 1.807) is 11.3 Å². The van der Waals surface area contributed by atoms with Crippen LogP contribution in [0.4, 0.5) is 0 Å². The van der Waals surface area contributed by atoms with Crippen LogP contribution >= 0.6 is 11.3 Å². The number of thiazole rings is 1. The van der Waals surface area contributed by atoms with Gasteiger partial charge in [-0.1, -0.05) is 0 Å². The lowest BCUT2D eigenvalue weighted by atomic mass is 10.5. The number of nitrogens with zero attached hydrogens (tertiary/aromatic N) is 3. The van der Waals surface area contributed by atoms with Gasteiger partial charge in [0.15, 0.2) is 5.96 Å². The van der Waals surface area contributed by atoms with Gasteiger partial charge in [-0.25, -0.2) is 9.98 Å². The molecule has 0 amide bonds. The van der Waals surface area contributed by atoms with E-state index >= 15 is 0 Å². The van der Waals surface area contributed by atoms with Gasteiger partial charge in [0.05, 0.1) is 11.6 Å². The third kappa shape index (κ3) is 4.70. The van der Waals surface area contributed by atoms with Crippen molar-refractivity contribution in [3.05, 3.63) is 40.6 Å². The van der Waals surface area contributed by atoms with E-state index in [0.29, 0.717) is 6.54 Å². The zero-order chi connectivity index (χ0) is 14.2. The second kappa shape index (κ2) is 7.69. The molecule has 108 valence electrons. The van der Waals surface area contributed by atoms with E-state index in [4.69, 9.17) is 0 Å². The van der Waals surface area contributed by atoms with Gasteiger partial charge >= 0.3 is 0 Å². The smallest absolute Gasteiger partial charge is 0.191 e. The summed E-state index contributed by atoms with van der Waals surface area (Å²) in [6, 6.07) is 4.07. The maximum atomic E-state index is 4.57. The van der Waals surface area contributed by atoms with Crippen LogP contribution in [0.1, 0.15) is 16.8 Å². The summed E-state index contributed by atoms with van der Waals surface area (Å²) in [6.07, 6.45) is 6.02. The van der Waals surface area contributed by atoms with Crippen LogP contribution < -0.4 is 10.6 Å². The number of aromatic nitrogens is 2. The maximum Gasteiger partial charge on any atom is 0.191 e. The summed E-state index contributed by atoms with van der Waals surface area (Å²) >= 11 is 1.69. The van der Waals surface area contributed by atoms with Gasteiger partial charge in [-0.05, 0) is 26.0 Å². The molecule has 0 fully saturated rings. The Labute approximate surface area is 123 Å². The van der Waals surface area contributed by atoms with E-state index in [2.05, 4.69) is 44.5 Å². The number of nitrogens with one attached hydrogen (secondary N) is 2. The normalized spacial score (nSPS) is 11.6. The minimum absolute atomic E-state index is 0.671. The van der Waals surface area contributed by atoms with Gasteiger partial charge in [-0.2, -0.15) is 0 Å². The Kier molecular flexibility index (Phi) is 5.61. The zero-order valence-corrected chi connectivity index (χ0v) is 12.8. The Morgan fingerprint density at radius 2 is 2.15 bits per heavy atom. The van der Waals surface area contributed by atoms with Crippen LogP contribution in [-0.2, 0) is 13.1 Å². The summed E-state index contributed by atoms with van der Waals surface area (Å²) in [7, 11) is 0. The average Bonchev–Trinajstić information content (AvgIpc) is 3.07. The number of aryl methyl sites for hydroxylation is 1. The highest BCUT2D eigenvalue weighted by Gasteiger charge is 2.00. The van der Waals surface area contributed by atoms with Gasteiger partial charge in [-0.15, -0.1) is 11.3 Å². The molecule has 0 unspecified atom stereocenters. The standard InChI is InChI=1S/C14H21N5S/c1-3-15-14(16-6-9-19-7-4-5-8-19)18-11-13-10-17-12(2)20-13/h4-5,7-8,10H,3,6,9,11H2,1-2H3,(H2,15,16,18). The number of guanidine groups is 1. The molecule has 2 heterocycles. The molecule has 0 aliphatic rings. The van der Waals surface area contributed by atoms with Gasteiger partial charge in [-0.3, -0.25) is 0 Å². The van der Waals surface area contributed by atoms with Crippen LogP contribution in [0.3, 0.4) is 0 Å². The molecule has 2 aromatic rings. The molecule has 0 aliphatic carbocycles. The van der Waals surface area contributed by atoms with E-state index in [1.807, 2.05) is 25.3 Å². The summed E-state index contributed by atoms with van der Waals surface area (Å²) < 4.78 is 2.14. The molecule has 2 N–H and O–H groups in total. The van der Waals surface area contributed by atoms with Crippen molar-refractivity contribution in [1.29, 1.82) is 0 Å². The lowest BCUT2D eigenvalue weighted by Gasteiger charge is -2.11. The number of hydrogen-bond acceptors (Lipinski definition) is 3. The number of hydrogen-bond donors (Lipinski definition) is 2. The third-order valence-corrected chi connectivity index (χ3v) is 3.63. The van der Waals surface area contributed by atoms with E-state index in [1.165, 1.54) is 4.88 Å². The molecule has 0 bridgehead atoms. The molecule has 20 heavy (non-hydrogen) atoms. The first-order valence-electron chi connectivity index (χ1n) is 6.82. The van der Waals surface area contributed by atoms with E-state index < -0.39 is 0 Å². The summed E-state index contributed by atoms with van der Waals surface area (Å²) in [5.74, 6) is 0.853. The quantitative estimate of drug-likeness (QED) is 0.632. The molecule has 0 saturated heterocycles. The SMILES string of the molecule is CCNC(=NCc1cnc(C)s1)NCCn1cccc1. The molecule has 0 radical (unpaired) electrons. The number of aliphatic imine (C=N–C) groups is 1. The molecule has 2 aromatic heterocycles. The van der Waals surface area contributed by atoms with Crippen molar-refractivity contribution in [2.24, 2.45) is 4.99 Å². The van der Waals surface area contributed by atoms with Crippen molar-refractivity contribution < 1.29 is 0 Å². The molecular formula is C14H21N5S. The molecule has 6 heteroatoms. The van der Waals surface area contributed by atoms with Gasteiger partial charge < -0.3 is 15.2 Å². The highest BCUT2D eigenvalue weighted by Crippen LogP contribution is 2.12. The monoisotopic (exact) mass is 291 g/mol. The van der Waals surface area contributed by atoms with Crippen molar-refractivity contribution >= 4 is 17.3 Å². The molecule has 0 aliphatic heterocycles. The molecule has 0 spiro atoms. The predicted molar refractivity (Wildman–Crippen MR) is 84.1 cm³/mol. The Morgan fingerprint density at radius 3 is 2.80 bits per heavy atom. The van der Waals surface area contributed by atoms with Crippen molar-refractivity contribution in [3.8, 4) is 0 Å². The fourth-order valence-corrected chi connectivity index (χ4v) is 2.52. The van der Waals surface area contributed by atoms with E-state index in [9.17, 15) is 0 Å². The van der Waals surface area contributed by atoms with Crippen LogP contribution in [0, 0.1) is 6.92 Å². The minimum Gasteiger partial charge on any atom is -0.357 e. The minimum atomic E-state index is 0.671. The highest BCUT2D eigenvalue weighted by atomic mass is 32.1. The molecule has 0 aromatic carbocycles. The zero-order valence-electron chi connectivity index (χ0n) is 12.0. The topological polar surface area (TPSA) is 54.2 Å². The Balaban J connectivity index is 1.82. The van der Waals surface area contributed by atoms with E-state index in [0.717, 1.165) is 30.6 Å². The second-order valence-electron chi connectivity index (χ2n) is 4.39. The Hall–Kier alpha value is -1.82. The first-order valence-corrected chi connectivity index (χ1v) is 7.64. The summed E-state index contributed by atoms with van der Waals surface area (Å²) in [5, 5.41) is 7.68. The predicted octanol–water partition coefficient (Wildman–Crippen LogP) is 2.01. The summed E-state index contributed by atoms with van der Waals surface area (Å²) in [5.41, 5.74) is 0. The van der Waals surface area contributed by atoms with Gasteiger partial charge in [0.1, 0.15) is 0 Å². The Bertz CT molecular complexity index is 530. The van der Waals surface area contributed by atoms with Crippen molar-refractivity contribution in [3.63, 3.8) is 0 Å². The Morgan fingerprint density at radius 1 is 1.35 bits per heavy atom. The van der Waals surface area contributed by atoms with Gasteiger partial charge in [0, 0.05) is 43.1 Å². The summed E-state index contributed by atoms with van der Waals surface area (Å²) in [6.45, 7) is 7.39. The molecule has 5 nitrogen and oxygen atoms in total. The second-order valence-corrected chi connectivity index (χ2v) is 5.71. The van der Waals surface area contributed by atoms with Gasteiger partial charge in [0.25, 0.3) is 0 Å². The lowest BCUT2D eigenvalue weighted by Crippen LogP contribution is -2.38. The van der Waals surface area contributed by atoms with Crippen molar-refractivity contribution in [2.75, 3.05) is 13.1 Å². The van der Waals surface area contributed by atoms with Crippen LogP contribution in [0.5, 0.6) is 0 Å². The van der Waals surface area contributed by atoms with Crippen LogP contribution in [-0.4, -0.2) is 28.6 Å². The van der Waals surface area contributed by atoms with Crippen LogP contribution in [0.2, 0.25) is 0 Å². The first kappa shape index (κ1) is 14.6. The summed E-state index contributed by atoms with van der Waals surface area (Å²) in [4.78, 5) is 10.00. The van der Waals surface area contributed by atoms with Gasteiger partial charge in [0.2, 0.25) is 0 Å². The molecular weight excluding hydrogens is 270 g/mol. The lowest BCUT2D eigenvalue weighted by molar-refractivity contribution is 0.666. The maximum absolute atomic E-state index is 4.57. The van der Waals surface area contributed by atoms with Crippen molar-refractivity contribution in [1.82, 2.24) is 20.2 Å². The number of rotatable bonds is 6. The highest BCUT2D eigenvalue weighted by molar-refractivity contribution is 7.11. The fourth-order valence-electron chi connectivity index (χ4n) is 1.80.